The summed E-state index contributed by atoms with van der Waals surface area (Å²) in [6, 6.07) is 8.06. The number of benzene rings is 2. The van der Waals surface area contributed by atoms with Crippen LogP contribution in [0, 0.1) is 0 Å². The Morgan fingerprint density at radius 2 is 1.89 bits per heavy atom. The first-order chi connectivity index (χ1) is 13.3. The van der Waals surface area contributed by atoms with Gasteiger partial charge in [0.05, 0.1) is 41.7 Å². The number of ether oxygens (including phenoxy) is 2. The molecule has 5 nitrogen and oxygen atoms in total. The molecule has 0 aliphatic carbocycles. The average molecular weight is 459 g/mol. The number of hydrogen-bond donors (Lipinski definition) is 1. The summed E-state index contributed by atoms with van der Waals surface area (Å²) >= 11 is 3.30. The maximum atomic E-state index is 13.2. The minimum absolute atomic E-state index is 0.105. The van der Waals surface area contributed by atoms with Crippen LogP contribution in [0.15, 0.2) is 40.9 Å². The predicted octanol–water partition coefficient (Wildman–Crippen LogP) is 4.57. The third kappa shape index (κ3) is 4.59. The molecule has 3 rings (SSSR count). The molecule has 0 atom stereocenters. The lowest BCUT2D eigenvalue weighted by atomic mass is 10.1. The Morgan fingerprint density at radius 3 is 2.50 bits per heavy atom. The molecule has 1 N–H and O–H groups in total. The Balaban J connectivity index is 1.93. The van der Waals surface area contributed by atoms with Crippen molar-refractivity contribution in [1.29, 1.82) is 0 Å². The maximum absolute atomic E-state index is 13.2. The lowest BCUT2D eigenvalue weighted by molar-refractivity contribution is -0.137. The Labute approximate surface area is 168 Å². The molecule has 2 aromatic carbocycles. The van der Waals surface area contributed by atoms with Gasteiger partial charge < -0.3 is 19.7 Å². The van der Waals surface area contributed by atoms with Crippen LogP contribution in [0.5, 0.6) is 5.75 Å². The van der Waals surface area contributed by atoms with Gasteiger partial charge in [-0.25, -0.2) is 0 Å². The van der Waals surface area contributed by atoms with E-state index in [0.29, 0.717) is 42.2 Å². The number of carbonyl (C=O) groups excluding carboxylic acids is 1. The third-order valence-electron chi connectivity index (χ3n) is 4.34. The van der Waals surface area contributed by atoms with Gasteiger partial charge in [-0.15, -0.1) is 0 Å². The normalized spacial score (nSPS) is 14.7. The Hall–Kier alpha value is -2.26. The number of nitrogens with zero attached hydrogens (tertiary/aromatic N) is 1. The van der Waals surface area contributed by atoms with E-state index in [9.17, 15) is 18.0 Å². The summed E-state index contributed by atoms with van der Waals surface area (Å²) < 4.78 is 50.5. The van der Waals surface area contributed by atoms with Crippen molar-refractivity contribution in [3.8, 4) is 5.75 Å². The quantitative estimate of drug-likeness (QED) is 0.729. The summed E-state index contributed by atoms with van der Waals surface area (Å²) in [4.78, 5) is 14.6. The molecule has 9 heteroatoms. The molecular formula is C19H18BrF3N2O3. The molecule has 1 fully saturated rings. The number of rotatable bonds is 4. The zero-order chi connectivity index (χ0) is 20.3. The zero-order valence-corrected chi connectivity index (χ0v) is 16.6. The Bertz CT molecular complexity index is 868. The van der Waals surface area contributed by atoms with Crippen LogP contribution in [0.25, 0.3) is 0 Å². The molecule has 2 aromatic rings. The molecule has 0 radical (unpaired) electrons. The number of nitrogens with one attached hydrogen (secondary N) is 1. The second-order valence-electron chi connectivity index (χ2n) is 6.13. The van der Waals surface area contributed by atoms with Crippen molar-refractivity contribution >= 4 is 33.2 Å². The van der Waals surface area contributed by atoms with Crippen LogP contribution < -0.4 is 15.0 Å². The predicted molar refractivity (Wildman–Crippen MR) is 103 cm³/mol. The summed E-state index contributed by atoms with van der Waals surface area (Å²) in [5.41, 5.74) is 0.0969. The maximum Gasteiger partial charge on any atom is 0.416 e. The number of morpholine rings is 1. The highest BCUT2D eigenvalue weighted by Gasteiger charge is 2.32. The second-order valence-corrected chi connectivity index (χ2v) is 6.99. The van der Waals surface area contributed by atoms with Gasteiger partial charge >= 0.3 is 6.18 Å². The molecule has 150 valence electrons. The van der Waals surface area contributed by atoms with Gasteiger partial charge in [0.2, 0.25) is 0 Å². The summed E-state index contributed by atoms with van der Waals surface area (Å²) in [6.45, 7) is 2.00. The summed E-state index contributed by atoms with van der Waals surface area (Å²) in [5, 5.41) is 2.62. The van der Waals surface area contributed by atoms with E-state index in [1.54, 1.807) is 18.2 Å². The van der Waals surface area contributed by atoms with E-state index in [4.69, 9.17) is 9.47 Å². The molecule has 1 aliphatic heterocycles. The van der Waals surface area contributed by atoms with Crippen LogP contribution in [-0.2, 0) is 10.9 Å². The van der Waals surface area contributed by atoms with Crippen molar-refractivity contribution in [2.45, 2.75) is 6.18 Å². The monoisotopic (exact) mass is 458 g/mol. The van der Waals surface area contributed by atoms with E-state index in [0.717, 1.165) is 12.1 Å². The number of carbonyl (C=O) groups is 1. The summed E-state index contributed by atoms with van der Waals surface area (Å²) in [7, 11) is 1.50. The van der Waals surface area contributed by atoms with Crippen molar-refractivity contribution in [3.05, 3.63) is 52.0 Å². The lowest BCUT2D eigenvalue weighted by Gasteiger charge is -2.31. The van der Waals surface area contributed by atoms with Gasteiger partial charge in [-0.05, 0) is 52.3 Å². The van der Waals surface area contributed by atoms with Crippen molar-refractivity contribution in [2.24, 2.45) is 0 Å². The van der Waals surface area contributed by atoms with E-state index < -0.39 is 17.6 Å². The van der Waals surface area contributed by atoms with E-state index >= 15 is 0 Å². The van der Waals surface area contributed by atoms with Crippen LogP contribution in [0.1, 0.15) is 15.9 Å². The SMILES string of the molecule is COc1ccc(C(=O)Nc2cc(C(F)(F)F)ccc2N2CCOCC2)cc1Br. The van der Waals surface area contributed by atoms with E-state index in [2.05, 4.69) is 21.2 Å². The zero-order valence-electron chi connectivity index (χ0n) is 15.0. The minimum atomic E-state index is -4.51. The molecule has 0 saturated carbocycles. The van der Waals surface area contributed by atoms with Gasteiger partial charge in [0.1, 0.15) is 5.75 Å². The van der Waals surface area contributed by atoms with Crippen molar-refractivity contribution in [3.63, 3.8) is 0 Å². The first-order valence-electron chi connectivity index (χ1n) is 8.48. The smallest absolute Gasteiger partial charge is 0.416 e. The fourth-order valence-electron chi connectivity index (χ4n) is 2.89. The molecule has 1 aliphatic rings. The average Bonchev–Trinajstić information content (AvgIpc) is 2.67. The van der Waals surface area contributed by atoms with Crippen LogP contribution >= 0.6 is 15.9 Å². The van der Waals surface area contributed by atoms with Crippen LogP contribution in [-0.4, -0.2) is 39.3 Å². The van der Waals surface area contributed by atoms with E-state index in [-0.39, 0.29) is 11.3 Å². The van der Waals surface area contributed by atoms with Gasteiger partial charge in [-0.2, -0.15) is 13.2 Å². The Kier molecular flexibility index (Phi) is 6.14. The Morgan fingerprint density at radius 1 is 1.18 bits per heavy atom. The van der Waals surface area contributed by atoms with Gasteiger partial charge in [0.15, 0.2) is 0 Å². The summed E-state index contributed by atoms with van der Waals surface area (Å²) in [5.74, 6) is 0.0295. The number of methoxy groups -OCH3 is 1. The highest BCUT2D eigenvalue weighted by Crippen LogP contribution is 2.36. The minimum Gasteiger partial charge on any atom is -0.496 e. The van der Waals surface area contributed by atoms with Crippen LogP contribution in [0.2, 0.25) is 0 Å². The molecule has 28 heavy (non-hydrogen) atoms. The second kappa shape index (κ2) is 8.40. The van der Waals surface area contributed by atoms with Crippen LogP contribution in [0.4, 0.5) is 24.5 Å². The summed E-state index contributed by atoms with van der Waals surface area (Å²) in [6.07, 6.45) is -4.51. The number of alkyl halides is 3. The first kappa shape index (κ1) is 20.5. The lowest BCUT2D eigenvalue weighted by Crippen LogP contribution is -2.36. The first-order valence-corrected chi connectivity index (χ1v) is 9.27. The van der Waals surface area contributed by atoms with Gasteiger partial charge in [-0.1, -0.05) is 0 Å². The number of halogens is 4. The molecule has 0 aromatic heterocycles. The van der Waals surface area contributed by atoms with Gasteiger partial charge in [0, 0.05) is 18.7 Å². The van der Waals surface area contributed by atoms with E-state index in [1.807, 2.05) is 4.90 Å². The number of hydrogen-bond acceptors (Lipinski definition) is 4. The van der Waals surface area contributed by atoms with Crippen molar-refractivity contribution in [1.82, 2.24) is 0 Å². The molecule has 1 saturated heterocycles. The third-order valence-corrected chi connectivity index (χ3v) is 4.96. The largest absolute Gasteiger partial charge is 0.496 e. The molecular weight excluding hydrogens is 441 g/mol. The molecule has 0 spiro atoms. The standard InChI is InChI=1S/C19H18BrF3N2O3/c1-27-17-5-2-12(10-14(17)20)18(26)24-15-11-13(19(21,22)23)3-4-16(15)25-6-8-28-9-7-25/h2-5,10-11H,6-9H2,1H3,(H,24,26). The van der Waals surface area contributed by atoms with Gasteiger partial charge in [0.25, 0.3) is 5.91 Å². The van der Waals surface area contributed by atoms with E-state index in [1.165, 1.54) is 13.2 Å². The highest BCUT2D eigenvalue weighted by atomic mass is 79.9. The van der Waals surface area contributed by atoms with Crippen molar-refractivity contribution < 1.29 is 27.4 Å². The number of anilines is 2. The highest BCUT2D eigenvalue weighted by molar-refractivity contribution is 9.10. The molecule has 0 bridgehead atoms. The molecule has 1 heterocycles. The van der Waals surface area contributed by atoms with Gasteiger partial charge in [-0.3, -0.25) is 4.79 Å². The fraction of sp³-hybridized carbons (Fsp3) is 0.316. The van der Waals surface area contributed by atoms with Crippen molar-refractivity contribution in [2.75, 3.05) is 43.6 Å². The number of amides is 1. The van der Waals surface area contributed by atoms with Crippen LogP contribution in [0.3, 0.4) is 0 Å². The topological polar surface area (TPSA) is 50.8 Å². The molecule has 1 amide bonds. The molecule has 0 unspecified atom stereocenters. The fourth-order valence-corrected chi connectivity index (χ4v) is 3.44.